The van der Waals surface area contributed by atoms with E-state index in [9.17, 15) is 0 Å². The summed E-state index contributed by atoms with van der Waals surface area (Å²) < 4.78 is 2.20. The van der Waals surface area contributed by atoms with Gasteiger partial charge < -0.3 is 0 Å². The fraction of sp³-hybridized carbons (Fsp3) is 0. The molecule has 2 aliphatic heterocycles. The van der Waals surface area contributed by atoms with Gasteiger partial charge in [0, 0.05) is 21.7 Å². The van der Waals surface area contributed by atoms with Crippen molar-refractivity contribution in [1.29, 1.82) is 0 Å². The van der Waals surface area contributed by atoms with Gasteiger partial charge in [0.2, 0.25) is 0 Å². The van der Waals surface area contributed by atoms with Gasteiger partial charge in [0.15, 0.2) is 0 Å². The molecule has 1 aromatic heterocycles. The Balaban J connectivity index is 1.64. The van der Waals surface area contributed by atoms with E-state index in [0.29, 0.717) is 0 Å². The summed E-state index contributed by atoms with van der Waals surface area (Å²) in [7, 11) is 0. The topological polar surface area (TPSA) is 30.7 Å². The Morgan fingerprint density at radius 3 is 2.19 bits per heavy atom. The molecule has 3 heteroatoms. The number of benzene rings is 4. The lowest BCUT2D eigenvalue weighted by Crippen LogP contribution is -2.05. The first kappa shape index (κ1) is 16.5. The largest absolute Gasteiger partial charge is 0.278 e. The Kier molecular flexibility index (Phi) is 3.27. The molecule has 0 saturated heterocycles. The number of pyridine rings is 2. The number of nitrogens with zero attached hydrogens (tertiary/aromatic N) is 3. The van der Waals surface area contributed by atoms with Crippen LogP contribution in [0.1, 0.15) is 0 Å². The van der Waals surface area contributed by atoms with Crippen LogP contribution in [0.2, 0.25) is 0 Å². The highest BCUT2D eigenvalue weighted by Crippen LogP contribution is 2.36. The maximum Gasteiger partial charge on any atom is 0.147 e. The van der Waals surface area contributed by atoms with Crippen LogP contribution < -0.4 is 0 Å². The monoisotopic (exact) mass is 395 g/mol. The molecule has 0 fully saturated rings. The molecular weight excluding hydrogens is 378 g/mol. The number of para-hydroxylation sites is 2. The molecule has 7 rings (SSSR count). The SMILES string of the molecule is c1ccc2c(c1)ccc1ccc(-n3c4nc5ccccc5c-4cc4ccccc43)nc12. The Bertz CT molecular complexity index is 1740. The first-order valence-corrected chi connectivity index (χ1v) is 10.4. The van der Waals surface area contributed by atoms with E-state index in [1.807, 2.05) is 6.07 Å². The van der Waals surface area contributed by atoms with Crippen molar-refractivity contribution in [3.63, 3.8) is 0 Å². The molecule has 0 radical (unpaired) electrons. The molecule has 0 aliphatic carbocycles. The van der Waals surface area contributed by atoms with E-state index in [2.05, 4.69) is 102 Å². The minimum atomic E-state index is 0.883. The summed E-state index contributed by atoms with van der Waals surface area (Å²) in [6.45, 7) is 0. The lowest BCUT2D eigenvalue weighted by Gasteiger charge is -2.16. The first-order chi connectivity index (χ1) is 15.4. The third-order valence-corrected chi connectivity index (χ3v) is 6.15. The molecule has 5 aromatic rings. The van der Waals surface area contributed by atoms with Gasteiger partial charge in [-0.2, -0.15) is 0 Å². The van der Waals surface area contributed by atoms with E-state index < -0.39 is 0 Å². The van der Waals surface area contributed by atoms with Crippen LogP contribution in [0.25, 0.3) is 60.7 Å². The average Bonchev–Trinajstić information content (AvgIpc) is 3.20. The predicted octanol–water partition coefficient (Wildman–Crippen LogP) is 6.98. The molecule has 0 amide bonds. The van der Waals surface area contributed by atoms with Crippen molar-refractivity contribution in [3.05, 3.63) is 103 Å². The maximum absolute atomic E-state index is 5.17. The molecule has 3 heterocycles. The number of hydrogen-bond donors (Lipinski definition) is 0. The zero-order valence-electron chi connectivity index (χ0n) is 16.7. The molecular formula is C28H17N3. The van der Waals surface area contributed by atoms with Gasteiger partial charge in [-0.25, -0.2) is 9.97 Å². The number of rotatable bonds is 1. The van der Waals surface area contributed by atoms with Gasteiger partial charge in [0.05, 0.1) is 16.6 Å². The average molecular weight is 395 g/mol. The van der Waals surface area contributed by atoms with E-state index in [1.54, 1.807) is 0 Å². The van der Waals surface area contributed by atoms with Crippen LogP contribution in [0, 0.1) is 0 Å². The summed E-state index contributed by atoms with van der Waals surface area (Å²) in [4.78, 5) is 10.2. The summed E-state index contributed by atoms with van der Waals surface area (Å²) >= 11 is 0. The van der Waals surface area contributed by atoms with Crippen molar-refractivity contribution < 1.29 is 0 Å². The fourth-order valence-corrected chi connectivity index (χ4v) is 4.69. The van der Waals surface area contributed by atoms with Gasteiger partial charge in [-0.1, -0.05) is 72.8 Å². The van der Waals surface area contributed by atoms with Crippen molar-refractivity contribution in [3.8, 4) is 17.2 Å². The van der Waals surface area contributed by atoms with E-state index in [4.69, 9.17) is 9.97 Å². The molecule has 0 bridgehead atoms. The van der Waals surface area contributed by atoms with Gasteiger partial charge in [0.1, 0.15) is 11.6 Å². The second kappa shape index (κ2) is 6.13. The van der Waals surface area contributed by atoms with Crippen molar-refractivity contribution in [2.45, 2.75) is 0 Å². The summed E-state index contributed by atoms with van der Waals surface area (Å²) in [6, 6.07) is 36.0. The van der Waals surface area contributed by atoms with Crippen LogP contribution in [-0.4, -0.2) is 14.5 Å². The molecule has 0 N–H and O–H groups in total. The van der Waals surface area contributed by atoms with Crippen molar-refractivity contribution in [2.75, 3.05) is 0 Å². The molecule has 0 atom stereocenters. The van der Waals surface area contributed by atoms with Gasteiger partial charge in [-0.15, -0.1) is 0 Å². The highest BCUT2D eigenvalue weighted by atomic mass is 15.1. The highest BCUT2D eigenvalue weighted by Gasteiger charge is 2.19. The second-order valence-electron chi connectivity index (χ2n) is 7.93. The molecule has 0 saturated carbocycles. The normalized spacial score (nSPS) is 11.9. The smallest absolute Gasteiger partial charge is 0.147 e. The lowest BCUT2D eigenvalue weighted by atomic mass is 10.1. The maximum atomic E-state index is 5.17. The van der Waals surface area contributed by atoms with Gasteiger partial charge in [0.25, 0.3) is 0 Å². The van der Waals surface area contributed by atoms with Gasteiger partial charge in [-0.05, 0) is 41.1 Å². The van der Waals surface area contributed by atoms with Crippen LogP contribution in [0.3, 0.4) is 0 Å². The van der Waals surface area contributed by atoms with Crippen LogP contribution in [0.4, 0.5) is 0 Å². The Morgan fingerprint density at radius 1 is 0.548 bits per heavy atom. The summed E-state index contributed by atoms with van der Waals surface area (Å²) in [6.07, 6.45) is 0. The van der Waals surface area contributed by atoms with Crippen molar-refractivity contribution in [2.24, 2.45) is 0 Å². The van der Waals surface area contributed by atoms with Crippen LogP contribution >= 0.6 is 0 Å². The molecule has 144 valence electrons. The van der Waals surface area contributed by atoms with E-state index in [0.717, 1.165) is 39.1 Å². The van der Waals surface area contributed by atoms with Crippen molar-refractivity contribution >= 4 is 43.5 Å². The van der Waals surface area contributed by atoms with Crippen LogP contribution in [-0.2, 0) is 0 Å². The van der Waals surface area contributed by atoms with E-state index in [-0.39, 0.29) is 0 Å². The van der Waals surface area contributed by atoms with E-state index in [1.165, 1.54) is 21.5 Å². The van der Waals surface area contributed by atoms with E-state index >= 15 is 0 Å². The Hall–Kier alpha value is -4.24. The molecule has 0 unspecified atom stereocenters. The molecule has 31 heavy (non-hydrogen) atoms. The standard InChI is InChI=1S/C28H17N3/c1-3-9-21-18(7-1)13-14-19-15-16-26(30-27(19)21)31-25-12-6-2-8-20(25)17-23-22-10-4-5-11-24(22)29-28(23)31/h1-17H. The second-order valence-corrected chi connectivity index (χ2v) is 7.93. The third kappa shape index (κ3) is 2.34. The van der Waals surface area contributed by atoms with Crippen LogP contribution in [0.5, 0.6) is 0 Å². The summed E-state index contributed by atoms with van der Waals surface area (Å²) in [5.41, 5.74) is 4.27. The minimum absolute atomic E-state index is 0.883. The zero-order chi connectivity index (χ0) is 20.4. The highest BCUT2D eigenvalue weighted by molar-refractivity contribution is 6.06. The Labute approximate surface area is 178 Å². The van der Waals surface area contributed by atoms with Crippen LogP contribution in [0.15, 0.2) is 103 Å². The molecule has 4 aromatic carbocycles. The predicted molar refractivity (Wildman–Crippen MR) is 128 cm³/mol. The number of aromatic nitrogens is 3. The summed E-state index contributed by atoms with van der Waals surface area (Å²) in [5, 5.41) is 5.85. The minimum Gasteiger partial charge on any atom is -0.278 e. The zero-order valence-corrected chi connectivity index (χ0v) is 16.7. The quantitative estimate of drug-likeness (QED) is 0.281. The Morgan fingerprint density at radius 2 is 1.26 bits per heavy atom. The first-order valence-electron chi connectivity index (χ1n) is 10.4. The fourth-order valence-electron chi connectivity index (χ4n) is 4.69. The van der Waals surface area contributed by atoms with Crippen molar-refractivity contribution in [1.82, 2.24) is 14.5 Å². The number of fused-ring (bicyclic) bond motifs is 7. The third-order valence-electron chi connectivity index (χ3n) is 6.15. The molecule has 2 aliphatic rings. The summed E-state index contributed by atoms with van der Waals surface area (Å²) in [5.74, 6) is 1.82. The number of hydrogen-bond acceptors (Lipinski definition) is 2. The van der Waals surface area contributed by atoms with Gasteiger partial charge >= 0.3 is 0 Å². The van der Waals surface area contributed by atoms with Gasteiger partial charge in [-0.3, -0.25) is 4.57 Å². The molecule has 3 nitrogen and oxygen atoms in total. The lowest BCUT2D eigenvalue weighted by molar-refractivity contribution is 1.03. The molecule has 0 spiro atoms.